The van der Waals surface area contributed by atoms with Gasteiger partial charge in [-0.1, -0.05) is 25.1 Å². The fourth-order valence-electron chi connectivity index (χ4n) is 3.58. The number of ether oxygens (including phenoxy) is 1. The molecule has 108 valence electrons. The molecule has 0 aromatic heterocycles. The van der Waals surface area contributed by atoms with Crippen molar-refractivity contribution in [3.8, 4) is 5.75 Å². The van der Waals surface area contributed by atoms with Gasteiger partial charge in [-0.25, -0.2) is 0 Å². The number of nitrogens with zero attached hydrogens (tertiary/aromatic N) is 1. The second-order valence-electron chi connectivity index (χ2n) is 5.71. The Kier molecular flexibility index (Phi) is 3.92. The van der Waals surface area contributed by atoms with Gasteiger partial charge in [0.05, 0.1) is 0 Å². The van der Waals surface area contributed by atoms with Crippen molar-refractivity contribution in [1.29, 1.82) is 0 Å². The average Bonchev–Trinajstić information content (AvgIpc) is 3.06. The summed E-state index contributed by atoms with van der Waals surface area (Å²) in [6.45, 7) is 5.29. The Balaban J connectivity index is 1.59. The second-order valence-corrected chi connectivity index (χ2v) is 5.71. The molecule has 3 unspecified atom stereocenters. The van der Waals surface area contributed by atoms with E-state index in [9.17, 15) is 4.79 Å². The molecule has 4 nitrogen and oxygen atoms in total. The number of para-hydroxylation sites is 1. The Morgan fingerprint density at radius 2 is 2.15 bits per heavy atom. The van der Waals surface area contributed by atoms with Gasteiger partial charge in [-0.15, -0.1) is 0 Å². The lowest BCUT2D eigenvalue weighted by molar-refractivity contribution is -0.134. The summed E-state index contributed by atoms with van der Waals surface area (Å²) in [4.78, 5) is 14.4. The molecule has 20 heavy (non-hydrogen) atoms. The summed E-state index contributed by atoms with van der Waals surface area (Å²) in [5.74, 6) is 2.13. The van der Waals surface area contributed by atoms with Gasteiger partial charge in [0.15, 0.2) is 6.61 Å². The van der Waals surface area contributed by atoms with Gasteiger partial charge in [0.1, 0.15) is 5.75 Å². The maximum atomic E-state index is 12.4. The smallest absolute Gasteiger partial charge is 0.260 e. The molecular weight excluding hydrogens is 252 g/mol. The van der Waals surface area contributed by atoms with Gasteiger partial charge < -0.3 is 15.0 Å². The highest BCUT2D eigenvalue weighted by Gasteiger charge is 2.44. The van der Waals surface area contributed by atoms with Crippen LogP contribution in [0, 0.1) is 11.8 Å². The minimum Gasteiger partial charge on any atom is -0.484 e. The minimum atomic E-state index is 0.120. The van der Waals surface area contributed by atoms with Crippen LogP contribution in [-0.4, -0.2) is 43.1 Å². The molecule has 3 atom stereocenters. The van der Waals surface area contributed by atoms with Crippen molar-refractivity contribution in [2.75, 3.05) is 26.2 Å². The molecule has 2 heterocycles. The molecule has 2 fully saturated rings. The van der Waals surface area contributed by atoms with E-state index in [1.54, 1.807) is 0 Å². The third kappa shape index (κ3) is 2.52. The first-order valence-electron chi connectivity index (χ1n) is 7.47. The standard InChI is InChI=1S/C16H22N2O2/c1-2-15-14-9-17-8-12(14)10-18(15)16(19)11-20-13-6-4-3-5-7-13/h3-7,12,14-15,17H,2,8-11H2,1H3. The zero-order chi connectivity index (χ0) is 13.9. The fourth-order valence-corrected chi connectivity index (χ4v) is 3.58. The second kappa shape index (κ2) is 5.83. The number of carbonyl (C=O) groups is 1. The van der Waals surface area contributed by atoms with E-state index in [2.05, 4.69) is 12.2 Å². The fraction of sp³-hybridized carbons (Fsp3) is 0.562. The van der Waals surface area contributed by atoms with E-state index < -0.39 is 0 Å². The third-order valence-electron chi connectivity index (χ3n) is 4.56. The normalized spacial score (nSPS) is 28.4. The van der Waals surface area contributed by atoms with Crippen LogP contribution >= 0.6 is 0 Å². The highest BCUT2D eigenvalue weighted by atomic mass is 16.5. The molecule has 1 aromatic carbocycles. The first-order valence-corrected chi connectivity index (χ1v) is 7.47. The Morgan fingerprint density at radius 3 is 2.90 bits per heavy atom. The average molecular weight is 274 g/mol. The first kappa shape index (κ1) is 13.4. The Bertz CT molecular complexity index is 463. The van der Waals surface area contributed by atoms with Crippen molar-refractivity contribution >= 4 is 5.91 Å². The molecule has 2 saturated heterocycles. The van der Waals surface area contributed by atoms with Crippen molar-refractivity contribution in [2.24, 2.45) is 11.8 Å². The number of hydrogen-bond acceptors (Lipinski definition) is 3. The van der Waals surface area contributed by atoms with Crippen LogP contribution in [0.4, 0.5) is 0 Å². The number of carbonyl (C=O) groups excluding carboxylic acids is 1. The molecule has 0 saturated carbocycles. The summed E-state index contributed by atoms with van der Waals surface area (Å²) in [5, 5.41) is 3.44. The van der Waals surface area contributed by atoms with Gasteiger partial charge in [0.25, 0.3) is 5.91 Å². The predicted octanol–water partition coefficient (Wildman–Crippen LogP) is 1.52. The lowest BCUT2D eigenvalue weighted by atomic mass is 9.93. The number of fused-ring (bicyclic) bond motifs is 1. The number of likely N-dealkylation sites (tertiary alicyclic amines) is 1. The molecule has 0 radical (unpaired) electrons. The topological polar surface area (TPSA) is 41.6 Å². The van der Waals surface area contributed by atoms with E-state index in [4.69, 9.17) is 4.74 Å². The number of amides is 1. The molecule has 0 bridgehead atoms. The summed E-state index contributed by atoms with van der Waals surface area (Å²) in [6.07, 6.45) is 1.03. The van der Waals surface area contributed by atoms with E-state index in [1.165, 1.54) is 0 Å². The molecule has 1 aromatic rings. The minimum absolute atomic E-state index is 0.120. The summed E-state index contributed by atoms with van der Waals surface area (Å²) >= 11 is 0. The van der Waals surface area contributed by atoms with Crippen LogP contribution in [0.5, 0.6) is 5.75 Å². The Hall–Kier alpha value is -1.55. The number of rotatable bonds is 4. The van der Waals surface area contributed by atoms with Gasteiger partial charge >= 0.3 is 0 Å². The zero-order valence-corrected chi connectivity index (χ0v) is 11.9. The molecular formula is C16H22N2O2. The lowest BCUT2D eigenvalue weighted by Crippen LogP contribution is -2.41. The van der Waals surface area contributed by atoms with Gasteiger partial charge in [0, 0.05) is 25.7 Å². The maximum absolute atomic E-state index is 12.4. The van der Waals surface area contributed by atoms with Gasteiger partial charge in [-0.2, -0.15) is 0 Å². The summed E-state index contributed by atoms with van der Waals surface area (Å²) in [6, 6.07) is 9.92. The highest BCUT2D eigenvalue weighted by Crippen LogP contribution is 2.34. The number of hydrogen-bond donors (Lipinski definition) is 1. The molecule has 1 N–H and O–H groups in total. The molecule has 0 aliphatic carbocycles. The maximum Gasteiger partial charge on any atom is 0.260 e. The summed E-state index contributed by atoms with van der Waals surface area (Å²) < 4.78 is 5.59. The van der Waals surface area contributed by atoms with E-state index in [1.807, 2.05) is 35.2 Å². The summed E-state index contributed by atoms with van der Waals surface area (Å²) in [7, 11) is 0. The van der Waals surface area contributed by atoms with E-state index >= 15 is 0 Å². The van der Waals surface area contributed by atoms with Crippen LogP contribution in [0.15, 0.2) is 30.3 Å². The monoisotopic (exact) mass is 274 g/mol. The number of nitrogens with one attached hydrogen (secondary N) is 1. The van der Waals surface area contributed by atoms with Gasteiger partial charge in [-0.05, 0) is 30.4 Å². The molecule has 4 heteroatoms. The van der Waals surface area contributed by atoms with E-state index in [-0.39, 0.29) is 12.5 Å². The van der Waals surface area contributed by atoms with E-state index in [0.29, 0.717) is 17.9 Å². The van der Waals surface area contributed by atoms with Crippen LogP contribution in [0.25, 0.3) is 0 Å². The SMILES string of the molecule is CCC1C2CNCC2CN1C(=O)COc1ccccc1. The third-order valence-corrected chi connectivity index (χ3v) is 4.56. The molecule has 3 rings (SSSR count). The quantitative estimate of drug-likeness (QED) is 0.905. The van der Waals surface area contributed by atoms with Crippen LogP contribution < -0.4 is 10.1 Å². The molecule has 1 amide bonds. The Morgan fingerprint density at radius 1 is 1.35 bits per heavy atom. The largest absolute Gasteiger partial charge is 0.484 e. The van der Waals surface area contributed by atoms with Crippen molar-refractivity contribution in [3.05, 3.63) is 30.3 Å². The first-order chi connectivity index (χ1) is 9.79. The van der Waals surface area contributed by atoms with Crippen LogP contribution in [-0.2, 0) is 4.79 Å². The van der Waals surface area contributed by atoms with Crippen molar-refractivity contribution in [2.45, 2.75) is 19.4 Å². The lowest BCUT2D eigenvalue weighted by Gasteiger charge is -2.26. The molecule has 0 spiro atoms. The Labute approximate surface area is 120 Å². The highest BCUT2D eigenvalue weighted by molar-refractivity contribution is 5.78. The van der Waals surface area contributed by atoms with Crippen molar-refractivity contribution in [1.82, 2.24) is 10.2 Å². The predicted molar refractivity (Wildman–Crippen MR) is 77.6 cm³/mol. The molecule has 2 aliphatic heterocycles. The van der Waals surface area contributed by atoms with Crippen LogP contribution in [0.1, 0.15) is 13.3 Å². The van der Waals surface area contributed by atoms with Crippen LogP contribution in [0.2, 0.25) is 0 Å². The summed E-state index contributed by atoms with van der Waals surface area (Å²) in [5.41, 5.74) is 0. The zero-order valence-electron chi connectivity index (χ0n) is 11.9. The number of benzene rings is 1. The van der Waals surface area contributed by atoms with Crippen LogP contribution in [0.3, 0.4) is 0 Å². The molecule has 2 aliphatic rings. The van der Waals surface area contributed by atoms with Gasteiger partial charge in [-0.3, -0.25) is 4.79 Å². The van der Waals surface area contributed by atoms with Crippen molar-refractivity contribution in [3.63, 3.8) is 0 Å². The van der Waals surface area contributed by atoms with Gasteiger partial charge in [0.2, 0.25) is 0 Å². The van der Waals surface area contributed by atoms with Crippen molar-refractivity contribution < 1.29 is 9.53 Å². The van der Waals surface area contributed by atoms with E-state index in [0.717, 1.165) is 31.8 Å².